The number of hydrogen-bond donors (Lipinski definition) is 0. The molecule has 0 spiro atoms. The zero-order valence-corrected chi connectivity index (χ0v) is 8.69. The van der Waals surface area contributed by atoms with Gasteiger partial charge in [-0.2, -0.15) is 0 Å². The van der Waals surface area contributed by atoms with Crippen LogP contribution in [-0.4, -0.2) is 0 Å². The lowest BCUT2D eigenvalue weighted by Crippen LogP contribution is -1.77. The Kier molecular flexibility index (Phi) is 19.9. The number of hydrogen-bond acceptors (Lipinski definition) is 0. The van der Waals surface area contributed by atoms with Crippen molar-refractivity contribution in [3.63, 3.8) is 0 Å². The van der Waals surface area contributed by atoms with E-state index >= 15 is 0 Å². The maximum Gasteiger partial charge on any atom is -0.0351 e. The van der Waals surface area contributed by atoms with Crippen LogP contribution in [0.3, 0.4) is 0 Å². The van der Waals surface area contributed by atoms with Crippen molar-refractivity contribution in [2.45, 2.75) is 59.8 Å². The van der Waals surface area contributed by atoms with Crippen molar-refractivity contribution in [1.29, 1.82) is 0 Å². The second-order valence-electron chi connectivity index (χ2n) is 2.46. The SMILES string of the molecule is C1=CCCCC1.CC.CCC. The predicted octanol–water partition coefficient (Wildman–Crippen LogP) is 4.56. The van der Waals surface area contributed by atoms with Gasteiger partial charge in [-0.3, -0.25) is 0 Å². The highest BCUT2D eigenvalue weighted by Gasteiger charge is 1.87. The minimum absolute atomic E-state index is 1.25. The molecule has 1 rings (SSSR count). The Labute approximate surface area is 72.7 Å². The van der Waals surface area contributed by atoms with E-state index < -0.39 is 0 Å². The average molecular weight is 156 g/mol. The van der Waals surface area contributed by atoms with Gasteiger partial charge in [0, 0.05) is 0 Å². The summed E-state index contributed by atoms with van der Waals surface area (Å²) >= 11 is 0. The molecule has 0 fully saturated rings. The fourth-order valence-electron chi connectivity index (χ4n) is 0.760. The summed E-state index contributed by atoms with van der Waals surface area (Å²) in [5, 5.41) is 0. The van der Waals surface area contributed by atoms with E-state index in [-0.39, 0.29) is 0 Å². The molecule has 11 heavy (non-hydrogen) atoms. The van der Waals surface area contributed by atoms with Gasteiger partial charge in [0.2, 0.25) is 0 Å². The zero-order valence-electron chi connectivity index (χ0n) is 8.69. The number of rotatable bonds is 0. The monoisotopic (exact) mass is 156 g/mol. The van der Waals surface area contributed by atoms with Gasteiger partial charge >= 0.3 is 0 Å². The van der Waals surface area contributed by atoms with Gasteiger partial charge in [-0.25, -0.2) is 0 Å². The summed E-state index contributed by atoms with van der Waals surface area (Å²) in [5.41, 5.74) is 0. The molecule has 0 aliphatic heterocycles. The van der Waals surface area contributed by atoms with Crippen LogP contribution >= 0.6 is 0 Å². The van der Waals surface area contributed by atoms with Crippen LogP contribution in [0, 0.1) is 0 Å². The summed E-state index contributed by atoms with van der Waals surface area (Å²) in [6.45, 7) is 8.25. The van der Waals surface area contributed by atoms with Gasteiger partial charge in [-0.15, -0.1) is 0 Å². The Morgan fingerprint density at radius 3 is 1.27 bits per heavy atom. The summed E-state index contributed by atoms with van der Waals surface area (Å²) < 4.78 is 0. The minimum Gasteiger partial charge on any atom is -0.0885 e. The largest absolute Gasteiger partial charge is 0.0885 e. The second-order valence-corrected chi connectivity index (χ2v) is 2.46. The lowest BCUT2D eigenvalue weighted by Gasteiger charge is -1.97. The first-order valence-electron chi connectivity index (χ1n) is 5.06. The molecule has 1 aliphatic carbocycles. The fraction of sp³-hybridized carbons (Fsp3) is 0.818. The van der Waals surface area contributed by atoms with Gasteiger partial charge in [-0.1, -0.05) is 46.3 Å². The molecule has 0 bridgehead atoms. The Balaban J connectivity index is 0. The third-order valence-electron chi connectivity index (χ3n) is 1.16. The molecule has 0 saturated carbocycles. The van der Waals surface area contributed by atoms with E-state index in [0.29, 0.717) is 0 Å². The molecular formula is C11H24. The highest BCUT2D eigenvalue weighted by atomic mass is 13.9. The van der Waals surface area contributed by atoms with Gasteiger partial charge in [0.1, 0.15) is 0 Å². The number of allylic oxidation sites excluding steroid dienone is 2. The first-order chi connectivity index (χ1) is 5.41. The van der Waals surface area contributed by atoms with Gasteiger partial charge in [-0.05, 0) is 25.7 Å². The molecule has 0 saturated heterocycles. The summed E-state index contributed by atoms with van der Waals surface area (Å²) in [7, 11) is 0. The predicted molar refractivity (Wildman–Crippen MR) is 54.9 cm³/mol. The third kappa shape index (κ3) is 17.7. The van der Waals surface area contributed by atoms with E-state index in [1.54, 1.807) is 0 Å². The van der Waals surface area contributed by atoms with Crippen molar-refractivity contribution >= 4 is 0 Å². The lowest BCUT2D eigenvalue weighted by atomic mass is 10.1. The molecule has 0 aromatic carbocycles. The molecule has 0 heteroatoms. The lowest BCUT2D eigenvalue weighted by molar-refractivity contribution is 0.730. The molecule has 0 heterocycles. The topological polar surface area (TPSA) is 0 Å². The molecule has 0 nitrogen and oxygen atoms in total. The van der Waals surface area contributed by atoms with Gasteiger partial charge in [0.25, 0.3) is 0 Å². The van der Waals surface area contributed by atoms with Gasteiger partial charge in [0.15, 0.2) is 0 Å². The summed E-state index contributed by atoms with van der Waals surface area (Å²) in [6.07, 6.45) is 11.2. The first-order valence-corrected chi connectivity index (χ1v) is 5.06. The normalized spacial score (nSPS) is 13.8. The molecule has 0 radical (unpaired) electrons. The third-order valence-corrected chi connectivity index (χ3v) is 1.16. The smallest absolute Gasteiger partial charge is 0.0351 e. The molecule has 0 aromatic heterocycles. The molecular weight excluding hydrogens is 132 g/mol. The molecule has 0 N–H and O–H groups in total. The maximum absolute atomic E-state index is 2.27. The van der Waals surface area contributed by atoms with E-state index in [1.165, 1.54) is 32.1 Å². The van der Waals surface area contributed by atoms with E-state index in [1.807, 2.05) is 13.8 Å². The fourth-order valence-corrected chi connectivity index (χ4v) is 0.760. The molecule has 0 unspecified atom stereocenters. The van der Waals surface area contributed by atoms with Crippen LogP contribution in [0.4, 0.5) is 0 Å². The van der Waals surface area contributed by atoms with Crippen LogP contribution in [0.25, 0.3) is 0 Å². The van der Waals surface area contributed by atoms with E-state index in [2.05, 4.69) is 26.0 Å². The van der Waals surface area contributed by atoms with Crippen LogP contribution in [0.2, 0.25) is 0 Å². The van der Waals surface area contributed by atoms with Crippen molar-refractivity contribution in [1.82, 2.24) is 0 Å². The second kappa shape index (κ2) is 16.4. The molecule has 0 atom stereocenters. The highest BCUT2D eigenvalue weighted by molar-refractivity contribution is 4.85. The Morgan fingerprint density at radius 1 is 0.909 bits per heavy atom. The zero-order chi connectivity index (χ0) is 8.95. The Bertz CT molecular complexity index is 54.4. The summed E-state index contributed by atoms with van der Waals surface area (Å²) in [5.74, 6) is 0. The summed E-state index contributed by atoms with van der Waals surface area (Å²) in [6, 6.07) is 0. The van der Waals surface area contributed by atoms with Crippen molar-refractivity contribution in [2.24, 2.45) is 0 Å². The summed E-state index contributed by atoms with van der Waals surface area (Å²) in [4.78, 5) is 0. The average Bonchev–Trinajstić information content (AvgIpc) is 2.12. The van der Waals surface area contributed by atoms with Gasteiger partial charge < -0.3 is 0 Å². The van der Waals surface area contributed by atoms with Crippen LogP contribution < -0.4 is 0 Å². The standard InChI is InChI=1S/C6H10.C3H8.C2H6/c1-2-4-6-5-3-1;1-3-2;1-2/h1-2H,3-6H2;3H2,1-2H3;1-2H3. The van der Waals surface area contributed by atoms with Crippen LogP contribution in [0.15, 0.2) is 12.2 Å². The van der Waals surface area contributed by atoms with Crippen LogP contribution in [-0.2, 0) is 0 Å². The molecule has 68 valence electrons. The van der Waals surface area contributed by atoms with Gasteiger partial charge in [0.05, 0.1) is 0 Å². The maximum atomic E-state index is 2.27. The first kappa shape index (κ1) is 13.3. The molecule has 0 amide bonds. The highest BCUT2D eigenvalue weighted by Crippen LogP contribution is 2.07. The molecule has 1 aliphatic rings. The quantitative estimate of drug-likeness (QED) is 0.451. The molecule has 0 aromatic rings. The van der Waals surface area contributed by atoms with Crippen molar-refractivity contribution in [3.05, 3.63) is 12.2 Å². The van der Waals surface area contributed by atoms with Crippen LogP contribution in [0.1, 0.15) is 59.8 Å². The van der Waals surface area contributed by atoms with E-state index in [9.17, 15) is 0 Å². The minimum atomic E-state index is 1.25. The van der Waals surface area contributed by atoms with Crippen molar-refractivity contribution < 1.29 is 0 Å². The Hall–Kier alpha value is -0.260. The van der Waals surface area contributed by atoms with Crippen LogP contribution in [0.5, 0.6) is 0 Å². The van der Waals surface area contributed by atoms with Crippen molar-refractivity contribution in [2.75, 3.05) is 0 Å². The van der Waals surface area contributed by atoms with E-state index in [0.717, 1.165) is 0 Å². The van der Waals surface area contributed by atoms with Crippen molar-refractivity contribution in [3.8, 4) is 0 Å². The Morgan fingerprint density at radius 2 is 1.18 bits per heavy atom. The van der Waals surface area contributed by atoms with E-state index in [4.69, 9.17) is 0 Å².